The average Bonchev–Trinajstić information content (AvgIpc) is 2.65. The summed E-state index contributed by atoms with van der Waals surface area (Å²) in [7, 11) is 0. The van der Waals surface area contributed by atoms with Gasteiger partial charge in [0.15, 0.2) is 0 Å². The Morgan fingerprint density at radius 3 is 1.33 bits per heavy atom. The first-order valence-corrected chi connectivity index (χ1v) is 10.8. The van der Waals surface area contributed by atoms with Crippen molar-refractivity contribution in [1.82, 2.24) is 0 Å². The lowest BCUT2D eigenvalue weighted by molar-refractivity contribution is -0.00215. The third kappa shape index (κ3) is 9.24. The normalized spacial score (nSPS) is 13.5. The van der Waals surface area contributed by atoms with Crippen LogP contribution in [0, 0.1) is 13.8 Å². The third-order valence-corrected chi connectivity index (χ3v) is 5.36. The minimum Gasteiger partial charge on any atom is -0.376 e. The van der Waals surface area contributed by atoms with E-state index in [2.05, 4.69) is 76.2 Å². The van der Waals surface area contributed by atoms with Crippen LogP contribution in [0.25, 0.3) is 0 Å². The molecule has 27 heavy (non-hydrogen) atoms. The second-order valence-corrected chi connectivity index (χ2v) is 8.22. The summed E-state index contributed by atoms with van der Waals surface area (Å²) in [5, 5.41) is 0. The molecule has 0 fully saturated rings. The van der Waals surface area contributed by atoms with Crippen LogP contribution in [0.5, 0.6) is 0 Å². The number of benzene rings is 2. The van der Waals surface area contributed by atoms with Crippen molar-refractivity contribution in [2.45, 2.75) is 91.3 Å². The first kappa shape index (κ1) is 21.7. The van der Waals surface area contributed by atoms with Crippen LogP contribution in [-0.2, 0) is 17.6 Å². The van der Waals surface area contributed by atoms with Crippen molar-refractivity contribution in [2.24, 2.45) is 0 Å². The Morgan fingerprint density at radius 2 is 0.963 bits per heavy atom. The van der Waals surface area contributed by atoms with Gasteiger partial charge in [-0.3, -0.25) is 0 Å². The lowest BCUT2D eigenvalue weighted by Crippen LogP contribution is -2.17. The molecule has 0 amide bonds. The van der Waals surface area contributed by atoms with Crippen LogP contribution in [0.1, 0.15) is 74.6 Å². The lowest BCUT2D eigenvalue weighted by Gasteiger charge is -2.19. The average molecular weight is 367 g/mol. The molecule has 2 aromatic rings. The minimum absolute atomic E-state index is 0.370. The van der Waals surface area contributed by atoms with Gasteiger partial charge in [0, 0.05) is 0 Å². The number of hydrogen-bond donors (Lipinski definition) is 0. The smallest absolute Gasteiger partial charge is 0.0550 e. The first-order valence-electron chi connectivity index (χ1n) is 10.8. The molecule has 0 N–H and O–H groups in total. The van der Waals surface area contributed by atoms with Gasteiger partial charge in [0.1, 0.15) is 0 Å². The highest BCUT2D eigenvalue weighted by Gasteiger charge is 2.08. The van der Waals surface area contributed by atoms with E-state index in [0.29, 0.717) is 12.2 Å². The Morgan fingerprint density at radius 1 is 0.593 bits per heavy atom. The molecule has 0 aliphatic heterocycles. The highest BCUT2D eigenvalue weighted by Crippen LogP contribution is 2.15. The third-order valence-electron chi connectivity index (χ3n) is 5.36. The zero-order valence-electron chi connectivity index (χ0n) is 17.8. The molecule has 0 saturated carbocycles. The summed E-state index contributed by atoms with van der Waals surface area (Å²) in [6, 6.07) is 17.9. The van der Waals surface area contributed by atoms with E-state index < -0.39 is 0 Å². The van der Waals surface area contributed by atoms with Crippen LogP contribution < -0.4 is 0 Å². The van der Waals surface area contributed by atoms with Crippen LogP contribution in [0.3, 0.4) is 0 Å². The molecule has 0 radical (unpaired) electrons. The maximum atomic E-state index is 6.19. The molecule has 0 heterocycles. The van der Waals surface area contributed by atoms with Crippen LogP contribution in [0.4, 0.5) is 0 Å². The van der Waals surface area contributed by atoms with Gasteiger partial charge in [-0.15, -0.1) is 0 Å². The van der Waals surface area contributed by atoms with Gasteiger partial charge in [0.25, 0.3) is 0 Å². The highest BCUT2D eigenvalue weighted by atomic mass is 16.5. The van der Waals surface area contributed by atoms with Gasteiger partial charge >= 0.3 is 0 Å². The Kier molecular flexibility index (Phi) is 9.62. The van der Waals surface area contributed by atoms with Gasteiger partial charge in [0.2, 0.25) is 0 Å². The van der Waals surface area contributed by atoms with Crippen LogP contribution in [-0.4, -0.2) is 12.2 Å². The maximum absolute atomic E-state index is 6.19. The van der Waals surface area contributed by atoms with Crippen LogP contribution >= 0.6 is 0 Å². The number of hydrogen-bond acceptors (Lipinski definition) is 1. The predicted molar refractivity (Wildman–Crippen MR) is 117 cm³/mol. The van der Waals surface area contributed by atoms with Crippen LogP contribution in [0.15, 0.2) is 48.5 Å². The summed E-state index contributed by atoms with van der Waals surface area (Å²) in [4.78, 5) is 0. The fraction of sp³-hybridized carbons (Fsp3) is 0.538. The summed E-state index contributed by atoms with van der Waals surface area (Å²) in [5.41, 5.74) is 5.59. The molecule has 1 heteroatoms. The van der Waals surface area contributed by atoms with E-state index in [-0.39, 0.29) is 0 Å². The first-order chi connectivity index (χ1) is 13.0. The standard InChI is InChI=1S/C26H38O/c1-21-13-17-25(18-14-21)11-7-5-9-23(3)27-24(4)10-6-8-12-26-19-15-22(2)16-20-26/h13-20,23-24H,5-12H2,1-4H3. The van der Waals surface area contributed by atoms with Crippen LogP contribution in [0.2, 0.25) is 0 Å². The van der Waals surface area contributed by atoms with Crippen molar-refractivity contribution in [1.29, 1.82) is 0 Å². The van der Waals surface area contributed by atoms with E-state index in [9.17, 15) is 0 Å². The molecular formula is C26H38O. The molecule has 1 nitrogen and oxygen atoms in total. The summed E-state index contributed by atoms with van der Waals surface area (Å²) >= 11 is 0. The van der Waals surface area contributed by atoms with E-state index >= 15 is 0 Å². The Hall–Kier alpha value is -1.60. The zero-order valence-corrected chi connectivity index (χ0v) is 17.8. The second-order valence-electron chi connectivity index (χ2n) is 8.22. The number of ether oxygens (including phenoxy) is 1. The Labute approximate surface area is 167 Å². The van der Waals surface area contributed by atoms with Crippen molar-refractivity contribution in [3.05, 3.63) is 70.8 Å². The topological polar surface area (TPSA) is 9.23 Å². The van der Waals surface area contributed by atoms with Gasteiger partial charge < -0.3 is 4.74 Å². The van der Waals surface area contributed by atoms with E-state index in [1.165, 1.54) is 73.6 Å². The molecule has 0 bridgehead atoms. The minimum atomic E-state index is 0.370. The summed E-state index contributed by atoms with van der Waals surface area (Å²) in [6.45, 7) is 8.75. The Balaban J connectivity index is 1.51. The van der Waals surface area contributed by atoms with Crippen molar-refractivity contribution >= 4 is 0 Å². The van der Waals surface area contributed by atoms with E-state index in [0.717, 1.165) is 0 Å². The molecule has 0 saturated heterocycles. The summed E-state index contributed by atoms with van der Waals surface area (Å²) < 4.78 is 6.19. The molecule has 2 atom stereocenters. The Bertz CT molecular complexity index is 569. The van der Waals surface area contributed by atoms with Gasteiger partial charge in [-0.1, -0.05) is 72.5 Å². The summed E-state index contributed by atoms with van der Waals surface area (Å²) in [5.74, 6) is 0. The predicted octanol–water partition coefficient (Wildman–Crippen LogP) is 7.22. The molecule has 2 aromatic carbocycles. The van der Waals surface area contributed by atoms with E-state index in [1.807, 2.05) is 0 Å². The zero-order chi connectivity index (χ0) is 19.5. The fourth-order valence-electron chi connectivity index (χ4n) is 3.56. The SMILES string of the molecule is Cc1ccc(CCCCC(C)OC(C)CCCCc2ccc(C)cc2)cc1. The van der Waals surface area contributed by atoms with E-state index in [1.54, 1.807) is 0 Å². The molecule has 0 spiro atoms. The van der Waals surface area contributed by atoms with Crippen molar-refractivity contribution < 1.29 is 4.74 Å². The monoisotopic (exact) mass is 366 g/mol. The molecule has 0 aliphatic carbocycles. The maximum Gasteiger partial charge on any atom is 0.0550 e. The number of rotatable bonds is 12. The molecule has 2 rings (SSSR count). The van der Waals surface area contributed by atoms with Crippen molar-refractivity contribution in [3.63, 3.8) is 0 Å². The summed E-state index contributed by atoms with van der Waals surface area (Å²) in [6.07, 6.45) is 10.4. The molecular weight excluding hydrogens is 328 g/mol. The van der Waals surface area contributed by atoms with Gasteiger partial charge in [-0.2, -0.15) is 0 Å². The van der Waals surface area contributed by atoms with Crippen molar-refractivity contribution in [2.75, 3.05) is 0 Å². The number of aryl methyl sites for hydroxylation is 4. The second kappa shape index (κ2) is 12.0. The lowest BCUT2D eigenvalue weighted by atomic mass is 10.0. The molecule has 0 aromatic heterocycles. The van der Waals surface area contributed by atoms with Gasteiger partial charge in [0.05, 0.1) is 12.2 Å². The van der Waals surface area contributed by atoms with E-state index in [4.69, 9.17) is 4.74 Å². The fourth-order valence-corrected chi connectivity index (χ4v) is 3.56. The quantitative estimate of drug-likeness (QED) is 0.360. The molecule has 2 unspecified atom stereocenters. The molecule has 148 valence electrons. The van der Waals surface area contributed by atoms with Gasteiger partial charge in [-0.05, 0) is 77.3 Å². The largest absolute Gasteiger partial charge is 0.376 e. The highest BCUT2D eigenvalue weighted by molar-refractivity contribution is 5.22. The number of unbranched alkanes of at least 4 members (excludes halogenated alkanes) is 2. The van der Waals surface area contributed by atoms with Gasteiger partial charge in [-0.25, -0.2) is 0 Å². The molecule has 0 aliphatic rings. The van der Waals surface area contributed by atoms with Crippen molar-refractivity contribution in [3.8, 4) is 0 Å².